The fourth-order valence-corrected chi connectivity index (χ4v) is 3.04. The Kier molecular flexibility index (Phi) is 5.95. The molecule has 0 aliphatic carbocycles. The van der Waals surface area contributed by atoms with Crippen LogP contribution in [-0.4, -0.2) is 56.2 Å². The molecule has 0 unspecified atom stereocenters. The number of ether oxygens (including phenoxy) is 2. The minimum atomic E-state index is 0.0928. The highest BCUT2D eigenvalue weighted by Crippen LogP contribution is 2.35. The number of nitrogens with zero attached hydrogens (tertiary/aromatic N) is 2. The molecule has 2 rings (SSSR count). The van der Waals surface area contributed by atoms with Gasteiger partial charge in [-0.05, 0) is 46.0 Å². The van der Waals surface area contributed by atoms with Crippen LogP contribution < -0.4 is 9.47 Å². The number of methoxy groups -OCH3 is 1. The van der Waals surface area contributed by atoms with Gasteiger partial charge in [0, 0.05) is 36.8 Å². The molecule has 22 heavy (non-hydrogen) atoms. The van der Waals surface area contributed by atoms with E-state index >= 15 is 0 Å². The Morgan fingerprint density at radius 1 is 1.32 bits per heavy atom. The molecule has 1 aliphatic heterocycles. The third-order valence-corrected chi connectivity index (χ3v) is 4.42. The van der Waals surface area contributed by atoms with E-state index in [1.807, 2.05) is 26.0 Å². The van der Waals surface area contributed by atoms with Crippen molar-refractivity contribution in [2.45, 2.75) is 39.0 Å². The summed E-state index contributed by atoms with van der Waals surface area (Å²) < 4.78 is 11.2. The number of likely N-dealkylation sites (tertiary alicyclic amines) is 1. The van der Waals surface area contributed by atoms with Gasteiger partial charge in [0.15, 0.2) is 11.5 Å². The van der Waals surface area contributed by atoms with Gasteiger partial charge >= 0.3 is 0 Å². The van der Waals surface area contributed by atoms with E-state index in [2.05, 4.69) is 23.9 Å². The zero-order valence-electron chi connectivity index (χ0n) is 14.2. The normalized spacial score (nSPS) is 19.2. The maximum Gasteiger partial charge on any atom is 0.163 e. The Balaban J connectivity index is 2.11. The minimum absolute atomic E-state index is 0.0928. The summed E-state index contributed by atoms with van der Waals surface area (Å²) >= 11 is 6.45. The average Bonchev–Trinajstić information content (AvgIpc) is 2.90. The highest BCUT2D eigenvalue weighted by Gasteiger charge is 2.24. The van der Waals surface area contributed by atoms with Crippen LogP contribution in [0.5, 0.6) is 11.5 Å². The molecule has 0 aromatic heterocycles. The van der Waals surface area contributed by atoms with Gasteiger partial charge in [-0.25, -0.2) is 0 Å². The summed E-state index contributed by atoms with van der Waals surface area (Å²) in [6.45, 7) is 7.02. The molecule has 0 N–H and O–H groups in total. The average molecular weight is 327 g/mol. The summed E-state index contributed by atoms with van der Waals surface area (Å²) in [4.78, 5) is 4.73. The summed E-state index contributed by atoms with van der Waals surface area (Å²) in [5.41, 5.74) is 1.09. The standard InChI is InChI=1S/C17H27ClN2O2/c1-12(2)22-17-9-15(18)13(8-16(17)21-5)10-20-7-6-14(11-20)19(3)4/h8-9,12,14H,6-7,10-11H2,1-5H3/t14-/m1/s1. The van der Waals surface area contributed by atoms with Gasteiger partial charge < -0.3 is 14.4 Å². The van der Waals surface area contributed by atoms with Gasteiger partial charge in [0.25, 0.3) is 0 Å². The SMILES string of the molecule is COc1cc(CN2CC[C@@H](N(C)C)C2)c(Cl)cc1OC(C)C. The van der Waals surface area contributed by atoms with Crippen molar-refractivity contribution in [2.75, 3.05) is 34.3 Å². The van der Waals surface area contributed by atoms with E-state index in [1.165, 1.54) is 6.42 Å². The van der Waals surface area contributed by atoms with Crippen molar-refractivity contribution in [3.05, 3.63) is 22.7 Å². The van der Waals surface area contributed by atoms with Gasteiger partial charge in [0.05, 0.1) is 13.2 Å². The summed E-state index contributed by atoms with van der Waals surface area (Å²) in [6, 6.07) is 4.50. The molecule has 1 aromatic carbocycles. The summed E-state index contributed by atoms with van der Waals surface area (Å²) in [7, 11) is 5.95. The van der Waals surface area contributed by atoms with E-state index in [1.54, 1.807) is 7.11 Å². The predicted molar refractivity (Wildman–Crippen MR) is 91.1 cm³/mol. The molecule has 0 saturated carbocycles. The van der Waals surface area contributed by atoms with E-state index in [0.717, 1.165) is 36.0 Å². The molecule has 1 atom stereocenters. The van der Waals surface area contributed by atoms with Gasteiger partial charge in [0.2, 0.25) is 0 Å². The van der Waals surface area contributed by atoms with Gasteiger partial charge in [-0.2, -0.15) is 0 Å². The van der Waals surface area contributed by atoms with Crippen molar-refractivity contribution in [2.24, 2.45) is 0 Å². The van der Waals surface area contributed by atoms with E-state index in [9.17, 15) is 0 Å². The molecule has 5 heteroatoms. The maximum atomic E-state index is 6.45. The first kappa shape index (κ1) is 17.4. The molecule has 1 aromatic rings. The third-order valence-electron chi connectivity index (χ3n) is 4.07. The maximum absolute atomic E-state index is 6.45. The lowest BCUT2D eigenvalue weighted by Gasteiger charge is -2.21. The molecule has 124 valence electrons. The van der Waals surface area contributed by atoms with Crippen molar-refractivity contribution < 1.29 is 9.47 Å². The van der Waals surface area contributed by atoms with Crippen LogP contribution in [0.1, 0.15) is 25.8 Å². The zero-order valence-corrected chi connectivity index (χ0v) is 15.0. The smallest absolute Gasteiger partial charge is 0.163 e. The van der Waals surface area contributed by atoms with Crippen molar-refractivity contribution >= 4 is 11.6 Å². The number of likely N-dealkylation sites (N-methyl/N-ethyl adjacent to an activating group) is 1. The van der Waals surface area contributed by atoms with Crippen LogP contribution in [-0.2, 0) is 6.54 Å². The molecular weight excluding hydrogens is 300 g/mol. The number of hydrogen-bond acceptors (Lipinski definition) is 4. The monoisotopic (exact) mass is 326 g/mol. The first-order valence-electron chi connectivity index (χ1n) is 7.82. The van der Waals surface area contributed by atoms with E-state index in [-0.39, 0.29) is 6.10 Å². The third kappa shape index (κ3) is 4.28. The molecule has 0 bridgehead atoms. The van der Waals surface area contributed by atoms with Gasteiger partial charge in [-0.3, -0.25) is 4.90 Å². The quantitative estimate of drug-likeness (QED) is 0.801. The lowest BCUT2D eigenvalue weighted by Crippen LogP contribution is -2.31. The predicted octanol–water partition coefficient (Wildman–Crippen LogP) is 3.27. The van der Waals surface area contributed by atoms with Crippen LogP contribution in [0.15, 0.2) is 12.1 Å². The minimum Gasteiger partial charge on any atom is -0.493 e. The van der Waals surface area contributed by atoms with Crippen molar-refractivity contribution in [1.82, 2.24) is 9.80 Å². The van der Waals surface area contributed by atoms with Gasteiger partial charge in [0.1, 0.15) is 0 Å². The molecular formula is C17H27ClN2O2. The van der Waals surface area contributed by atoms with Gasteiger partial charge in [-0.15, -0.1) is 0 Å². The Labute approximate surface area is 138 Å². The van der Waals surface area contributed by atoms with Crippen LogP contribution in [0.2, 0.25) is 5.02 Å². The van der Waals surface area contributed by atoms with Crippen LogP contribution in [0.3, 0.4) is 0 Å². The Morgan fingerprint density at radius 3 is 2.59 bits per heavy atom. The summed E-state index contributed by atoms with van der Waals surface area (Å²) in [5.74, 6) is 1.45. The van der Waals surface area contributed by atoms with Crippen molar-refractivity contribution in [3.8, 4) is 11.5 Å². The second-order valence-electron chi connectivity index (χ2n) is 6.40. The zero-order chi connectivity index (χ0) is 16.3. The number of hydrogen-bond donors (Lipinski definition) is 0. The first-order valence-corrected chi connectivity index (χ1v) is 8.20. The second-order valence-corrected chi connectivity index (χ2v) is 6.81. The van der Waals surface area contributed by atoms with Crippen molar-refractivity contribution in [3.63, 3.8) is 0 Å². The Hall–Kier alpha value is -0.970. The fourth-order valence-electron chi connectivity index (χ4n) is 2.82. The summed E-state index contributed by atoms with van der Waals surface area (Å²) in [6.07, 6.45) is 1.30. The first-order chi connectivity index (χ1) is 10.4. The number of rotatable bonds is 6. The molecule has 0 amide bonds. The lowest BCUT2D eigenvalue weighted by atomic mass is 10.2. The fraction of sp³-hybridized carbons (Fsp3) is 0.647. The molecule has 4 nitrogen and oxygen atoms in total. The van der Waals surface area contributed by atoms with Crippen LogP contribution >= 0.6 is 11.6 Å². The van der Waals surface area contributed by atoms with E-state index < -0.39 is 0 Å². The molecule has 0 spiro atoms. The highest BCUT2D eigenvalue weighted by molar-refractivity contribution is 6.31. The van der Waals surface area contributed by atoms with Crippen molar-refractivity contribution in [1.29, 1.82) is 0 Å². The lowest BCUT2D eigenvalue weighted by molar-refractivity contribution is 0.229. The van der Waals surface area contributed by atoms with Crippen LogP contribution in [0, 0.1) is 0 Å². The molecule has 1 aliphatic rings. The molecule has 1 fully saturated rings. The number of halogens is 1. The molecule has 1 heterocycles. The van der Waals surface area contributed by atoms with Gasteiger partial charge in [-0.1, -0.05) is 11.6 Å². The van der Waals surface area contributed by atoms with E-state index in [0.29, 0.717) is 11.8 Å². The molecule has 1 saturated heterocycles. The topological polar surface area (TPSA) is 24.9 Å². The van der Waals surface area contributed by atoms with Crippen LogP contribution in [0.4, 0.5) is 0 Å². The van der Waals surface area contributed by atoms with Crippen LogP contribution in [0.25, 0.3) is 0 Å². The second kappa shape index (κ2) is 7.53. The summed E-state index contributed by atoms with van der Waals surface area (Å²) in [5, 5.41) is 0.741. The molecule has 0 radical (unpaired) electrons. The highest BCUT2D eigenvalue weighted by atomic mass is 35.5. The number of benzene rings is 1. The largest absolute Gasteiger partial charge is 0.493 e. The Bertz CT molecular complexity index is 506. The Morgan fingerprint density at radius 2 is 2.05 bits per heavy atom. The van der Waals surface area contributed by atoms with E-state index in [4.69, 9.17) is 21.1 Å².